The van der Waals surface area contributed by atoms with Crippen LogP contribution in [0.5, 0.6) is 11.5 Å². The van der Waals surface area contributed by atoms with Crippen molar-refractivity contribution in [2.45, 2.75) is 72.3 Å². The number of ether oxygens (including phenoxy) is 3. The number of amides is 1. The van der Waals surface area contributed by atoms with Crippen LogP contribution in [0.15, 0.2) is 48.5 Å². The normalized spacial score (nSPS) is 11.6. The van der Waals surface area contributed by atoms with Crippen molar-refractivity contribution >= 4 is 12.1 Å². The average Bonchev–Trinajstić information content (AvgIpc) is 2.70. The lowest BCUT2D eigenvalue weighted by Crippen LogP contribution is -2.37. The molecule has 0 saturated carbocycles. The summed E-state index contributed by atoms with van der Waals surface area (Å²) < 4.78 is 16.6. The van der Waals surface area contributed by atoms with Gasteiger partial charge in [0.2, 0.25) is 0 Å². The van der Waals surface area contributed by atoms with E-state index < -0.39 is 23.3 Å². The Morgan fingerprint density at radius 2 is 1.58 bits per heavy atom. The molecule has 2 aromatic rings. The molecule has 0 heterocycles. The van der Waals surface area contributed by atoms with Crippen molar-refractivity contribution in [2.24, 2.45) is 0 Å². The van der Waals surface area contributed by atoms with Crippen molar-refractivity contribution in [3.63, 3.8) is 0 Å². The zero-order chi connectivity index (χ0) is 24.6. The minimum absolute atomic E-state index is 0.00891. The minimum atomic E-state index is -0.706. The molecule has 0 aromatic heterocycles. The quantitative estimate of drug-likeness (QED) is 0.531. The summed E-state index contributed by atoms with van der Waals surface area (Å²) in [4.78, 5) is 26.5. The van der Waals surface area contributed by atoms with E-state index in [-0.39, 0.29) is 31.9 Å². The first-order valence-corrected chi connectivity index (χ1v) is 11.0. The number of rotatable bonds is 8. The highest BCUT2D eigenvalue weighted by Gasteiger charge is 2.25. The van der Waals surface area contributed by atoms with Crippen LogP contribution in [0, 0.1) is 0 Å². The highest BCUT2D eigenvalue weighted by molar-refractivity contribution is 5.72. The third-order valence-corrected chi connectivity index (χ3v) is 4.34. The molecule has 180 valence electrons. The number of aromatic hydroxyl groups is 1. The number of carbonyl (C=O) groups excluding carboxylic acids is 2. The lowest BCUT2D eigenvalue weighted by Gasteiger charge is -2.28. The number of phenolic OH excluding ortho intramolecular Hbond substituents is 1. The van der Waals surface area contributed by atoms with Crippen LogP contribution in [-0.4, -0.2) is 39.8 Å². The summed E-state index contributed by atoms with van der Waals surface area (Å²) in [7, 11) is 0. The first kappa shape index (κ1) is 26.0. The summed E-state index contributed by atoms with van der Waals surface area (Å²) in [6, 6.07) is 14.5. The van der Waals surface area contributed by atoms with Crippen LogP contribution >= 0.6 is 0 Å². The van der Waals surface area contributed by atoms with E-state index in [0.717, 1.165) is 5.56 Å². The van der Waals surface area contributed by atoms with Gasteiger partial charge in [-0.05, 0) is 53.2 Å². The third-order valence-electron chi connectivity index (χ3n) is 4.34. The Morgan fingerprint density at radius 1 is 0.909 bits per heavy atom. The van der Waals surface area contributed by atoms with E-state index in [1.54, 1.807) is 39.0 Å². The summed E-state index contributed by atoms with van der Waals surface area (Å²) in [6.45, 7) is 11.2. The standard InChI is InChI=1S/C26H35NO6/c1-25(2,3)32-21-14-10-13-20(23(21)29)17-27(24(30)33-26(4,5)6)16-15-22(28)31-18-19-11-8-7-9-12-19/h7-14,29H,15-18H2,1-6H3. The molecule has 0 bridgehead atoms. The van der Waals surface area contributed by atoms with E-state index in [1.165, 1.54) is 4.90 Å². The highest BCUT2D eigenvalue weighted by Crippen LogP contribution is 2.33. The van der Waals surface area contributed by atoms with Crippen molar-refractivity contribution in [1.82, 2.24) is 4.90 Å². The molecule has 0 spiro atoms. The summed E-state index contributed by atoms with van der Waals surface area (Å²) in [5.41, 5.74) is 0.168. The van der Waals surface area contributed by atoms with Gasteiger partial charge < -0.3 is 24.2 Å². The van der Waals surface area contributed by atoms with E-state index >= 15 is 0 Å². The maximum atomic E-state index is 12.8. The number of phenols is 1. The smallest absolute Gasteiger partial charge is 0.410 e. The molecule has 0 fully saturated rings. The van der Waals surface area contributed by atoms with Crippen LogP contribution in [0.2, 0.25) is 0 Å². The molecule has 0 aliphatic carbocycles. The molecule has 2 rings (SSSR count). The fourth-order valence-electron chi connectivity index (χ4n) is 2.91. The van der Waals surface area contributed by atoms with Crippen LogP contribution in [0.25, 0.3) is 0 Å². The monoisotopic (exact) mass is 457 g/mol. The van der Waals surface area contributed by atoms with E-state index in [4.69, 9.17) is 14.2 Å². The summed E-state index contributed by atoms with van der Waals surface area (Å²) >= 11 is 0. The van der Waals surface area contributed by atoms with E-state index in [9.17, 15) is 14.7 Å². The van der Waals surface area contributed by atoms with Gasteiger partial charge in [0.15, 0.2) is 11.5 Å². The van der Waals surface area contributed by atoms with E-state index in [2.05, 4.69) is 0 Å². The second kappa shape index (κ2) is 11.1. The number of nitrogens with zero attached hydrogens (tertiary/aromatic N) is 1. The Hall–Kier alpha value is -3.22. The van der Waals surface area contributed by atoms with E-state index in [1.807, 2.05) is 51.1 Å². The van der Waals surface area contributed by atoms with Gasteiger partial charge in [-0.3, -0.25) is 4.79 Å². The van der Waals surface area contributed by atoms with Crippen LogP contribution in [0.1, 0.15) is 59.1 Å². The number of carbonyl (C=O) groups is 2. The molecule has 2 aromatic carbocycles. The predicted octanol–water partition coefficient (Wildman–Crippen LogP) is 5.44. The third kappa shape index (κ3) is 9.43. The van der Waals surface area contributed by atoms with Crippen LogP contribution < -0.4 is 4.74 Å². The Balaban J connectivity index is 2.10. The molecule has 7 heteroatoms. The Morgan fingerprint density at radius 3 is 2.18 bits per heavy atom. The van der Waals surface area contributed by atoms with Crippen LogP contribution in [0.4, 0.5) is 4.79 Å². The fourth-order valence-corrected chi connectivity index (χ4v) is 2.91. The second-order valence-corrected chi connectivity index (χ2v) is 9.78. The zero-order valence-electron chi connectivity index (χ0n) is 20.4. The Bertz CT molecular complexity index is 928. The molecule has 1 amide bonds. The van der Waals surface area contributed by atoms with Gasteiger partial charge in [-0.2, -0.15) is 0 Å². The van der Waals surface area contributed by atoms with Crippen molar-refractivity contribution in [3.8, 4) is 11.5 Å². The summed E-state index contributed by atoms with van der Waals surface area (Å²) in [5.74, 6) is -0.152. The van der Waals surface area contributed by atoms with Gasteiger partial charge in [-0.15, -0.1) is 0 Å². The van der Waals surface area contributed by atoms with Gasteiger partial charge in [-0.25, -0.2) is 4.79 Å². The molecule has 33 heavy (non-hydrogen) atoms. The number of hydrogen-bond acceptors (Lipinski definition) is 6. The number of benzene rings is 2. The zero-order valence-corrected chi connectivity index (χ0v) is 20.4. The molecular weight excluding hydrogens is 422 g/mol. The lowest BCUT2D eigenvalue weighted by atomic mass is 10.1. The number of hydrogen-bond donors (Lipinski definition) is 1. The van der Waals surface area contributed by atoms with E-state index in [0.29, 0.717) is 11.3 Å². The summed E-state index contributed by atoms with van der Waals surface area (Å²) in [5, 5.41) is 10.7. The number of esters is 1. The lowest BCUT2D eigenvalue weighted by molar-refractivity contribution is -0.145. The first-order chi connectivity index (χ1) is 15.3. The molecule has 0 unspecified atom stereocenters. The minimum Gasteiger partial charge on any atom is -0.504 e. The van der Waals surface area contributed by atoms with Crippen LogP contribution in [-0.2, 0) is 27.4 Å². The van der Waals surface area contributed by atoms with Gasteiger partial charge in [0.25, 0.3) is 0 Å². The molecule has 1 N–H and O–H groups in total. The topological polar surface area (TPSA) is 85.3 Å². The molecule has 0 aliphatic rings. The largest absolute Gasteiger partial charge is 0.504 e. The van der Waals surface area contributed by atoms with Gasteiger partial charge in [0.1, 0.15) is 17.8 Å². The molecule has 0 saturated heterocycles. The molecule has 0 atom stereocenters. The maximum absolute atomic E-state index is 12.8. The van der Waals surface area contributed by atoms with Crippen molar-refractivity contribution < 1.29 is 28.9 Å². The molecular formula is C26H35NO6. The van der Waals surface area contributed by atoms with Crippen molar-refractivity contribution in [1.29, 1.82) is 0 Å². The summed E-state index contributed by atoms with van der Waals surface area (Å²) in [6.07, 6.45) is -0.592. The first-order valence-electron chi connectivity index (χ1n) is 11.0. The number of para-hydroxylation sites is 1. The van der Waals surface area contributed by atoms with Crippen molar-refractivity contribution in [3.05, 3.63) is 59.7 Å². The highest BCUT2D eigenvalue weighted by atomic mass is 16.6. The SMILES string of the molecule is CC(C)(C)OC(=O)N(CCC(=O)OCc1ccccc1)Cc1cccc(OC(C)(C)C)c1O. The Kier molecular flexibility index (Phi) is 8.74. The molecule has 0 radical (unpaired) electrons. The molecule has 0 aliphatic heterocycles. The second-order valence-electron chi connectivity index (χ2n) is 9.78. The van der Waals surface area contributed by atoms with Crippen LogP contribution in [0.3, 0.4) is 0 Å². The van der Waals surface area contributed by atoms with Gasteiger partial charge in [-0.1, -0.05) is 42.5 Å². The van der Waals surface area contributed by atoms with Gasteiger partial charge in [0.05, 0.1) is 13.0 Å². The predicted molar refractivity (Wildman–Crippen MR) is 126 cm³/mol. The van der Waals surface area contributed by atoms with Gasteiger partial charge in [0, 0.05) is 12.1 Å². The average molecular weight is 458 g/mol. The van der Waals surface area contributed by atoms with Gasteiger partial charge >= 0.3 is 12.1 Å². The fraction of sp³-hybridized carbons (Fsp3) is 0.462. The Labute approximate surface area is 196 Å². The molecule has 7 nitrogen and oxygen atoms in total. The maximum Gasteiger partial charge on any atom is 0.410 e. The van der Waals surface area contributed by atoms with Crippen molar-refractivity contribution in [2.75, 3.05) is 6.54 Å².